The Hall–Kier alpha value is -1.48. The van der Waals surface area contributed by atoms with Crippen molar-refractivity contribution in [3.05, 3.63) is 50.6 Å². The summed E-state index contributed by atoms with van der Waals surface area (Å²) in [5.41, 5.74) is 0.899. The standard InChI is InChI=1S/C14H13BrN2O3S2/c1-9-2-3-10(8-12(9)22(16,19)20)17-14(18)7-5-11-4-6-13(15)21-11/h2-8H,1H3,(H,17,18)(H2,16,19,20)/b7-5+. The minimum Gasteiger partial charge on any atom is -0.322 e. The van der Waals surface area contributed by atoms with Crippen LogP contribution in [0.2, 0.25) is 0 Å². The van der Waals surface area contributed by atoms with E-state index in [4.69, 9.17) is 5.14 Å². The van der Waals surface area contributed by atoms with E-state index in [1.807, 2.05) is 12.1 Å². The lowest BCUT2D eigenvalue weighted by molar-refractivity contribution is -0.111. The van der Waals surface area contributed by atoms with Gasteiger partial charge < -0.3 is 5.32 Å². The fraction of sp³-hybridized carbons (Fsp3) is 0.0714. The molecule has 0 atom stereocenters. The summed E-state index contributed by atoms with van der Waals surface area (Å²) in [6.07, 6.45) is 3.06. The van der Waals surface area contributed by atoms with Crippen LogP contribution < -0.4 is 10.5 Å². The van der Waals surface area contributed by atoms with Crippen LogP contribution in [0.4, 0.5) is 5.69 Å². The van der Waals surface area contributed by atoms with Crippen LogP contribution in [0.3, 0.4) is 0 Å². The average Bonchev–Trinajstić information content (AvgIpc) is 2.83. The molecule has 0 saturated heterocycles. The summed E-state index contributed by atoms with van der Waals surface area (Å²) in [5.74, 6) is -0.353. The number of halogens is 1. The number of anilines is 1. The van der Waals surface area contributed by atoms with Gasteiger partial charge in [0.25, 0.3) is 0 Å². The molecule has 0 aliphatic carbocycles. The molecule has 5 nitrogen and oxygen atoms in total. The van der Waals surface area contributed by atoms with Crippen molar-refractivity contribution in [3.8, 4) is 0 Å². The van der Waals surface area contributed by atoms with Gasteiger partial charge in [-0.25, -0.2) is 13.6 Å². The van der Waals surface area contributed by atoms with Crippen molar-refractivity contribution >= 4 is 55.0 Å². The predicted octanol–water partition coefficient (Wildman–Crippen LogP) is 3.12. The van der Waals surface area contributed by atoms with Crippen molar-refractivity contribution in [1.82, 2.24) is 0 Å². The molecule has 0 bridgehead atoms. The summed E-state index contributed by atoms with van der Waals surface area (Å²) >= 11 is 4.84. The minimum atomic E-state index is -3.82. The van der Waals surface area contributed by atoms with E-state index in [0.29, 0.717) is 11.3 Å². The lowest BCUT2D eigenvalue weighted by Crippen LogP contribution is -2.15. The summed E-state index contributed by atoms with van der Waals surface area (Å²) in [6, 6.07) is 8.33. The number of nitrogens with one attached hydrogen (secondary N) is 1. The normalized spacial score (nSPS) is 11.8. The number of sulfonamides is 1. The zero-order valence-corrected chi connectivity index (χ0v) is 14.8. The molecule has 2 rings (SSSR count). The number of nitrogens with two attached hydrogens (primary N) is 1. The van der Waals surface area contributed by atoms with Gasteiger partial charge in [-0.2, -0.15) is 0 Å². The molecular formula is C14H13BrN2O3S2. The first-order valence-corrected chi connectivity index (χ1v) is 9.29. The molecule has 2 aromatic rings. The second-order valence-electron chi connectivity index (χ2n) is 4.49. The Morgan fingerprint density at radius 3 is 2.64 bits per heavy atom. The van der Waals surface area contributed by atoms with Crippen LogP contribution in [-0.4, -0.2) is 14.3 Å². The van der Waals surface area contributed by atoms with Gasteiger partial charge >= 0.3 is 0 Å². The quantitative estimate of drug-likeness (QED) is 0.772. The molecule has 116 valence electrons. The topological polar surface area (TPSA) is 89.3 Å². The van der Waals surface area contributed by atoms with Crippen molar-refractivity contribution in [2.24, 2.45) is 5.14 Å². The minimum absolute atomic E-state index is 0.00327. The molecule has 0 radical (unpaired) electrons. The number of rotatable bonds is 4. The van der Waals surface area contributed by atoms with Crippen LogP contribution >= 0.6 is 27.3 Å². The smallest absolute Gasteiger partial charge is 0.248 e. The third-order valence-corrected chi connectivity index (χ3v) is 5.40. The lowest BCUT2D eigenvalue weighted by atomic mass is 10.2. The molecule has 0 unspecified atom stereocenters. The molecule has 0 aliphatic heterocycles. The molecule has 1 aromatic heterocycles. The van der Waals surface area contributed by atoms with Gasteiger partial charge in [0.2, 0.25) is 15.9 Å². The van der Waals surface area contributed by atoms with Gasteiger partial charge in [-0.1, -0.05) is 6.07 Å². The Bertz CT molecular complexity index is 842. The molecule has 22 heavy (non-hydrogen) atoms. The van der Waals surface area contributed by atoms with Gasteiger partial charge in [0.1, 0.15) is 0 Å². The summed E-state index contributed by atoms with van der Waals surface area (Å²) in [6.45, 7) is 1.64. The highest BCUT2D eigenvalue weighted by atomic mass is 79.9. The fourth-order valence-corrected chi connectivity index (χ4v) is 3.88. The van der Waals surface area contributed by atoms with Gasteiger partial charge in [0, 0.05) is 16.6 Å². The first-order valence-electron chi connectivity index (χ1n) is 6.13. The largest absolute Gasteiger partial charge is 0.322 e. The van der Waals surface area contributed by atoms with Gasteiger partial charge in [0.15, 0.2) is 0 Å². The van der Waals surface area contributed by atoms with Crippen LogP contribution in [0.25, 0.3) is 6.08 Å². The summed E-state index contributed by atoms with van der Waals surface area (Å²) in [4.78, 5) is 12.8. The number of amides is 1. The highest BCUT2D eigenvalue weighted by Crippen LogP contribution is 2.23. The highest BCUT2D eigenvalue weighted by Gasteiger charge is 2.12. The first-order chi connectivity index (χ1) is 10.3. The van der Waals surface area contributed by atoms with E-state index in [1.165, 1.54) is 23.5 Å². The van der Waals surface area contributed by atoms with Crippen molar-refractivity contribution in [2.45, 2.75) is 11.8 Å². The van der Waals surface area contributed by atoms with Crippen molar-refractivity contribution in [2.75, 3.05) is 5.32 Å². The number of hydrogen-bond acceptors (Lipinski definition) is 4. The third kappa shape index (κ3) is 4.51. The lowest BCUT2D eigenvalue weighted by Gasteiger charge is -2.07. The predicted molar refractivity (Wildman–Crippen MR) is 92.2 cm³/mol. The zero-order valence-electron chi connectivity index (χ0n) is 11.5. The van der Waals surface area contributed by atoms with E-state index < -0.39 is 10.0 Å². The SMILES string of the molecule is Cc1ccc(NC(=O)/C=C/c2ccc(Br)s2)cc1S(N)(=O)=O. The van der Waals surface area contributed by atoms with Gasteiger partial charge in [-0.15, -0.1) is 11.3 Å². The number of hydrogen-bond donors (Lipinski definition) is 2. The molecule has 8 heteroatoms. The fourth-order valence-electron chi connectivity index (χ4n) is 1.74. The molecule has 0 saturated carbocycles. The maximum absolute atomic E-state index is 11.9. The molecule has 1 amide bonds. The Morgan fingerprint density at radius 1 is 1.32 bits per heavy atom. The molecule has 0 spiro atoms. The summed E-state index contributed by atoms with van der Waals surface area (Å²) in [5, 5.41) is 7.74. The van der Waals surface area contributed by atoms with E-state index >= 15 is 0 Å². The van der Waals surface area contributed by atoms with E-state index in [0.717, 1.165) is 8.66 Å². The Labute approximate surface area is 141 Å². The van der Waals surface area contributed by atoms with Gasteiger partial charge in [-0.05, 0) is 58.8 Å². The van der Waals surface area contributed by atoms with Gasteiger partial charge in [0.05, 0.1) is 8.68 Å². The van der Waals surface area contributed by atoms with Crippen molar-refractivity contribution in [1.29, 1.82) is 0 Å². The zero-order chi connectivity index (χ0) is 16.3. The number of benzene rings is 1. The summed E-state index contributed by atoms with van der Waals surface area (Å²) in [7, 11) is -3.82. The molecule has 0 fully saturated rings. The number of carbonyl (C=O) groups excluding carboxylic acids is 1. The Kier molecular flexibility index (Phi) is 5.17. The number of aryl methyl sites for hydroxylation is 1. The van der Waals surface area contributed by atoms with Crippen LogP contribution in [0.5, 0.6) is 0 Å². The second-order valence-corrected chi connectivity index (χ2v) is 8.51. The van der Waals surface area contributed by atoms with Crippen molar-refractivity contribution in [3.63, 3.8) is 0 Å². The van der Waals surface area contributed by atoms with Gasteiger partial charge in [-0.3, -0.25) is 4.79 Å². The van der Waals surface area contributed by atoms with E-state index in [2.05, 4.69) is 21.2 Å². The summed E-state index contributed by atoms with van der Waals surface area (Å²) < 4.78 is 23.9. The van der Waals surface area contributed by atoms with Crippen molar-refractivity contribution < 1.29 is 13.2 Å². The number of thiophene rings is 1. The molecule has 0 aliphatic rings. The van der Waals surface area contributed by atoms with E-state index in [9.17, 15) is 13.2 Å². The molecule has 1 aromatic carbocycles. The van der Waals surface area contributed by atoms with E-state index in [-0.39, 0.29) is 10.8 Å². The maximum Gasteiger partial charge on any atom is 0.248 e. The highest BCUT2D eigenvalue weighted by molar-refractivity contribution is 9.11. The number of primary sulfonamides is 1. The Balaban J connectivity index is 2.14. The second kappa shape index (κ2) is 6.74. The Morgan fingerprint density at radius 2 is 2.05 bits per heavy atom. The first kappa shape index (κ1) is 16.9. The van der Waals surface area contributed by atoms with Crippen LogP contribution in [0.1, 0.15) is 10.4 Å². The molecule has 3 N–H and O–H groups in total. The van der Waals surface area contributed by atoms with Crippen LogP contribution in [0.15, 0.2) is 45.1 Å². The molecular weight excluding hydrogens is 388 g/mol. The molecule has 1 heterocycles. The number of carbonyl (C=O) groups is 1. The van der Waals surface area contributed by atoms with E-state index in [1.54, 1.807) is 25.1 Å². The maximum atomic E-state index is 11.9. The van der Waals surface area contributed by atoms with Crippen LogP contribution in [0, 0.1) is 6.92 Å². The average molecular weight is 401 g/mol. The van der Waals surface area contributed by atoms with Crippen LogP contribution in [-0.2, 0) is 14.8 Å². The third-order valence-electron chi connectivity index (χ3n) is 2.76. The monoisotopic (exact) mass is 400 g/mol.